The van der Waals surface area contributed by atoms with E-state index in [0.717, 1.165) is 0 Å². The van der Waals surface area contributed by atoms with Crippen LogP contribution in [-0.2, 0) is 9.47 Å². The Morgan fingerprint density at radius 3 is 2.15 bits per heavy atom. The number of aliphatic hydroxyl groups is 1. The molecular weight excluding hydrogens is 348 g/mol. The summed E-state index contributed by atoms with van der Waals surface area (Å²) in [5.41, 5.74) is 5.15. The van der Waals surface area contributed by atoms with Gasteiger partial charge in [0, 0.05) is 25.7 Å². The number of ether oxygens (including phenoxy) is 2. The predicted molar refractivity (Wildman–Crippen MR) is 80.4 cm³/mol. The highest BCUT2D eigenvalue weighted by Crippen LogP contribution is 2.72. The third-order valence-corrected chi connectivity index (χ3v) is 7.12. The lowest BCUT2D eigenvalue weighted by Gasteiger charge is -2.44. The van der Waals surface area contributed by atoms with Gasteiger partial charge in [0.25, 0.3) is 0 Å². The molecule has 0 saturated heterocycles. The number of fused-ring (bicyclic) bond motifs is 2. The number of alkyl halides is 2. The normalized spacial score (nSPS) is 42.1. The Hall–Kier alpha value is 0.740. The SMILES string of the molecule is COC1(OC)[C@]2(Cl)C[C@@H]([C@](C)(N)CO)[C@@]1(Cl)C(Cl)=C2Cl. The quantitative estimate of drug-likeness (QED) is 0.593. The summed E-state index contributed by atoms with van der Waals surface area (Å²) in [4.78, 5) is -2.60. The summed E-state index contributed by atoms with van der Waals surface area (Å²) in [7, 11) is 2.85. The summed E-state index contributed by atoms with van der Waals surface area (Å²) < 4.78 is 11.0. The number of halogens is 4. The summed E-state index contributed by atoms with van der Waals surface area (Å²) >= 11 is 26.0. The highest BCUT2D eigenvalue weighted by Gasteiger charge is 2.82. The molecule has 20 heavy (non-hydrogen) atoms. The molecule has 3 N–H and O–H groups in total. The molecule has 2 bridgehead atoms. The van der Waals surface area contributed by atoms with Crippen molar-refractivity contribution in [3.8, 4) is 0 Å². The number of hydrogen-bond donors (Lipinski definition) is 2. The predicted octanol–water partition coefficient (Wildman–Crippen LogP) is 2.36. The van der Waals surface area contributed by atoms with Crippen molar-refractivity contribution in [3.05, 3.63) is 10.1 Å². The van der Waals surface area contributed by atoms with Gasteiger partial charge in [0.15, 0.2) is 0 Å². The van der Waals surface area contributed by atoms with E-state index in [0.29, 0.717) is 0 Å². The lowest BCUT2D eigenvalue weighted by Crippen LogP contribution is -2.61. The molecule has 1 fully saturated rings. The molecule has 2 aliphatic carbocycles. The van der Waals surface area contributed by atoms with Crippen LogP contribution in [0.3, 0.4) is 0 Å². The van der Waals surface area contributed by atoms with Crippen LogP contribution in [0.1, 0.15) is 13.3 Å². The van der Waals surface area contributed by atoms with E-state index < -0.39 is 27.0 Å². The summed E-state index contributed by atoms with van der Waals surface area (Å²) in [6, 6.07) is 0. The van der Waals surface area contributed by atoms with E-state index in [1.165, 1.54) is 14.2 Å². The van der Waals surface area contributed by atoms with Crippen LogP contribution in [-0.4, -0.2) is 47.0 Å². The van der Waals surface area contributed by atoms with Gasteiger partial charge in [-0.15, -0.1) is 23.2 Å². The zero-order valence-corrected chi connectivity index (χ0v) is 14.4. The van der Waals surface area contributed by atoms with Crippen LogP contribution in [0.25, 0.3) is 0 Å². The lowest BCUT2D eigenvalue weighted by molar-refractivity contribution is -0.220. The molecule has 0 aliphatic heterocycles. The van der Waals surface area contributed by atoms with E-state index in [2.05, 4.69) is 0 Å². The average Bonchev–Trinajstić information content (AvgIpc) is 2.70. The third-order valence-electron chi connectivity index (χ3n) is 4.54. The van der Waals surface area contributed by atoms with Gasteiger partial charge in [-0.2, -0.15) is 0 Å². The van der Waals surface area contributed by atoms with Crippen molar-refractivity contribution in [1.29, 1.82) is 0 Å². The zero-order chi connectivity index (χ0) is 15.6. The zero-order valence-electron chi connectivity index (χ0n) is 11.3. The largest absolute Gasteiger partial charge is 0.394 e. The first-order valence-corrected chi connectivity index (χ1v) is 7.54. The van der Waals surface area contributed by atoms with Gasteiger partial charge in [-0.3, -0.25) is 0 Å². The molecule has 4 nitrogen and oxygen atoms in total. The minimum atomic E-state index is -1.45. The van der Waals surface area contributed by atoms with Gasteiger partial charge in [0.05, 0.1) is 16.7 Å². The molecule has 0 aromatic carbocycles. The van der Waals surface area contributed by atoms with Crippen molar-refractivity contribution >= 4 is 46.4 Å². The Morgan fingerprint density at radius 1 is 1.30 bits per heavy atom. The highest BCUT2D eigenvalue weighted by molar-refractivity contribution is 6.52. The molecule has 2 rings (SSSR count). The first kappa shape index (κ1) is 17.1. The topological polar surface area (TPSA) is 64.7 Å². The number of hydrogen-bond acceptors (Lipinski definition) is 4. The lowest BCUT2D eigenvalue weighted by atomic mass is 9.77. The molecule has 116 valence electrons. The first-order chi connectivity index (χ1) is 9.09. The van der Waals surface area contributed by atoms with Crippen molar-refractivity contribution in [1.82, 2.24) is 0 Å². The molecule has 0 amide bonds. The van der Waals surface area contributed by atoms with Crippen molar-refractivity contribution in [2.24, 2.45) is 11.7 Å². The Kier molecular flexibility index (Phi) is 4.16. The molecule has 2 aliphatic rings. The Bertz CT molecular complexity index is 466. The first-order valence-electron chi connectivity index (χ1n) is 6.03. The van der Waals surface area contributed by atoms with Crippen LogP contribution >= 0.6 is 46.4 Å². The Balaban J connectivity index is 2.70. The van der Waals surface area contributed by atoms with E-state index in [-0.39, 0.29) is 23.1 Å². The standard InChI is InChI=1S/C12H17Cl4NO3/c1-9(17,5-18)6-4-10(15)7(13)8(14)11(6,16)12(10,19-2)20-3/h6,18H,4-5,17H2,1-3H3/t6-,9+,10-,11+/m0/s1. The Morgan fingerprint density at radius 2 is 1.80 bits per heavy atom. The minimum Gasteiger partial charge on any atom is -0.394 e. The van der Waals surface area contributed by atoms with Crippen LogP contribution in [0.15, 0.2) is 10.1 Å². The fourth-order valence-corrected chi connectivity index (χ4v) is 5.64. The number of nitrogens with two attached hydrogens (primary N) is 1. The maximum absolute atomic E-state index is 9.55. The summed E-state index contributed by atoms with van der Waals surface area (Å²) in [6.45, 7) is 1.39. The van der Waals surface area contributed by atoms with Gasteiger partial charge < -0.3 is 20.3 Å². The minimum absolute atomic E-state index is 0.154. The van der Waals surface area contributed by atoms with Gasteiger partial charge in [-0.05, 0) is 13.3 Å². The van der Waals surface area contributed by atoms with Crippen LogP contribution in [0.5, 0.6) is 0 Å². The molecular formula is C12H17Cl4NO3. The van der Waals surface area contributed by atoms with Gasteiger partial charge in [-0.1, -0.05) is 23.2 Å². The second-order valence-corrected chi connectivity index (χ2v) is 7.58. The van der Waals surface area contributed by atoms with E-state index in [9.17, 15) is 5.11 Å². The van der Waals surface area contributed by atoms with Gasteiger partial charge in [0.2, 0.25) is 5.79 Å². The van der Waals surface area contributed by atoms with Crippen molar-refractivity contribution in [3.63, 3.8) is 0 Å². The van der Waals surface area contributed by atoms with Crippen molar-refractivity contribution in [2.75, 3.05) is 20.8 Å². The van der Waals surface area contributed by atoms with Crippen molar-refractivity contribution < 1.29 is 14.6 Å². The van der Waals surface area contributed by atoms with Crippen molar-refractivity contribution in [2.45, 2.75) is 34.4 Å². The molecule has 8 heteroatoms. The molecule has 0 radical (unpaired) electrons. The van der Waals surface area contributed by atoms with Crippen LogP contribution in [0.2, 0.25) is 0 Å². The van der Waals surface area contributed by atoms with E-state index in [1.54, 1.807) is 6.92 Å². The maximum Gasteiger partial charge on any atom is 0.217 e. The van der Waals surface area contributed by atoms with E-state index in [1.807, 2.05) is 0 Å². The van der Waals surface area contributed by atoms with E-state index in [4.69, 9.17) is 61.6 Å². The highest BCUT2D eigenvalue weighted by atomic mass is 35.5. The van der Waals surface area contributed by atoms with Crippen LogP contribution in [0.4, 0.5) is 0 Å². The fraction of sp³-hybridized carbons (Fsp3) is 0.833. The molecule has 0 heterocycles. The average molecular weight is 365 g/mol. The second kappa shape index (κ2) is 4.87. The summed E-state index contributed by atoms with van der Waals surface area (Å²) in [5.74, 6) is -1.92. The van der Waals surface area contributed by atoms with Gasteiger partial charge >= 0.3 is 0 Å². The molecule has 0 spiro atoms. The maximum atomic E-state index is 9.55. The number of rotatable bonds is 4. The van der Waals surface area contributed by atoms with Gasteiger partial charge in [0.1, 0.15) is 9.75 Å². The van der Waals surface area contributed by atoms with E-state index >= 15 is 0 Å². The molecule has 0 aromatic rings. The van der Waals surface area contributed by atoms with Gasteiger partial charge in [-0.25, -0.2) is 0 Å². The molecule has 0 aromatic heterocycles. The fourth-order valence-electron chi connectivity index (χ4n) is 3.44. The Labute approximate surface area is 138 Å². The molecule has 1 saturated carbocycles. The number of methoxy groups -OCH3 is 2. The monoisotopic (exact) mass is 363 g/mol. The number of aliphatic hydroxyl groups excluding tert-OH is 1. The van der Waals surface area contributed by atoms with Crippen LogP contribution < -0.4 is 5.73 Å². The third kappa shape index (κ3) is 1.60. The molecule has 4 atom stereocenters. The summed E-state index contributed by atoms with van der Waals surface area (Å²) in [5, 5.41) is 9.90. The molecule has 0 unspecified atom stereocenters. The second-order valence-electron chi connectivity index (χ2n) is 5.59. The summed E-state index contributed by atoms with van der Waals surface area (Å²) in [6.07, 6.45) is 0.280. The van der Waals surface area contributed by atoms with Crippen LogP contribution in [0, 0.1) is 5.92 Å². The smallest absolute Gasteiger partial charge is 0.217 e.